The summed E-state index contributed by atoms with van der Waals surface area (Å²) in [6.45, 7) is 0. The molecule has 0 fully saturated rings. The molecule has 0 saturated carbocycles. The van der Waals surface area contributed by atoms with E-state index in [4.69, 9.17) is 15.2 Å². The highest BCUT2D eigenvalue weighted by atomic mass is 79.9. The third-order valence-electron chi connectivity index (χ3n) is 4.20. The molecule has 142 valence electrons. The van der Waals surface area contributed by atoms with E-state index in [0.29, 0.717) is 34.7 Å². The molecule has 0 saturated heterocycles. The number of carbonyl (C=O) groups is 1. The van der Waals surface area contributed by atoms with Gasteiger partial charge in [-0.25, -0.2) is 4.98 Å². The monoisotopic (exact) mass is 457 g/mol. The zero-order chi connectivity index (χ0) is 19.7. The highest BCUT2D eigenvalue weighted by molar-refractivity contribution is 9.10. The quantitative estimate of drug-likeness (QED) is 0.357. The second kappa shape index (κ2) is 7.81. The van der Waals surface area contributed by atoms with Crippen molar-refractivity contribution in [1.29, 1.82) is 0 Å². The maximum atomic E-state index is 11.3. The maximum Gasteiger partial charge on any atom is 0.227 e. The van der Waals surface area contributed by atoms with Crippen molar-refractivity contribution in [2.45, 2.75) is 11.4 Å². The van der Waals surface area contributed by atoms with E-state index in [9.17, 15) is 4.79 Å². The fraction of sp³-hybridized carbons (Fsp3) is 0.150. The van der Waals surface area contributed by atoms with Gasteiger partial charge in [-0.1, -0.05) is 58.0 Å². The zero-order valence-electron chi connectivity index (χ0n) is 14.9. The van der Waals surface area contributed by atoms with Gasteiger partial charge in [0, 0.05) is 22.0 Å². The number of benzene rings is 2. The SMILES string of the molecule is COc1cc(Br)cc2c1Oc1nc(-c3ccccc3)nc(SCC(N)=O)c1C2. The van der Waals surface area contributed by atoms with E-state index in [0.717, 1.165) is 21.2 Å². The molecule has 0 atom stereocenters. The van der Waals surface area contributed by atoms with Crippen LogP contribution in [0.15, 0.2) is 52.0 Å². The third-order valence-corrected chi connectivity index (χ3v) is 5.69. The first-order chi connectivity index (χ1) is 13.5. The highest BCUT2D eigenvalue weighted by Gasteiger charge is 2.27. The summed E-state index contributed by atoms with van der Waals surface area (Å²) in [5.74, 6) is 2.00. The van der Waals surface area contributed by atoms with Crippen LogP contribution < -0.4 is 15.2 Å². The molecule has 4 rings (SSSR count). The number of thioether (sulfide) groups is 1. The van der Waals surface area contributed by atoms with Crippen molar-refractivity contribution in [3.63, 3.8) is 0 Å². The Morgan fingerprint density at radius 1 is 1.29 bits per heavy atom. The predicted octanol–water partition coefficient (Wildman–Crippen LogP) is 4.19. The van der Waals surface area contributed by atoms with Crippen molar-refractivity contribution in [2.24, 2.45) is 5.73 Å². The summed E-state index contributed by atoms with van der Waals surface area (Å²) < 4.78 is 12.5. The Morgan fingerprint density at radius 2 is 2.07 bits per heavy atom. The molecule has 6 nitrogen and oxygen atoms in total. The first-order valence-corrected chi connectivity index (χ1v) is 10.2. The Hall–Kier alpha value is -2.58. The lowest BCUT2D eigenvalue weighted by Crippen LogP contribution is -2.15. The van der Waals surface area contributed by atoms with E-state index in [1.165, 1.54) is 11.8 Å². The fourth-order valence-electron chi connectivity index (χ4n) is 2.96. The number of hydrogen-bond acceptors (Lipinski definition) is 6. The average molecular weight is 458 g/mol. The van der Waals surface area contributed by atoms with Gasteiger partial charge in [0.25, 0.3) is 0 Å². The van der Waals surface area contributed by atoms with Gasteiger partial charge in [0.1, 0.15) is 5.03 Å². The summed E-state index contributed by atoms with van der Waals surface area (Å²) >= 11 is 4.79. The number of carbonyl (C=O) groups excluding carboxylic acids is 1. The summed E-state index contributed by atoms with van der Waals surface area (Å²) in [6, 6.07) is 13.5. The number of primary amides is 1. The fourth-order valence-corrected chi connectivity index (χ4v) is 4.21. The van der Waals surface area contributed by atoms with Gasteiger partial charge in [-0.05, 0) is 12.1 Å². The molecule has 1 aliphatic heterocycles. The van der Waals surface area contributed by atoms with Crippen LogP contribution in [0.1, 0.15) is 11.1 Å². The zero-order valence-corrected chi connectivity index (χ0v) is 17.3. The Labute approximate surface area is 174 Å². The van der Waals surface area contributed by atoms with Crippen LogP contribution in [0.5, 0.6) is 17.4 Å². The number of nitrogens with zero attached hydrogens (tertiary/aromatic N) is 2. The molecule has 3 aromatic rings. The van der Waals surface area contributed by atoms with Gasteiger partial charge < -0.3 is 15.2 Å². The standard InChI is InChI=1S/C20H16BrN3O3S/c1-26-15-9-13(21)7-12-8-14-19(27-17(12)15)23-18(11-5-3-2-4-6-11)24-20(14)28-10-16(22)25/h2-7,9H,8,10H2,1H3,(H2,22,25). The number of fused-ring (bicyclic) bond motifs is 2. The minimum absolute atomic E-state index is 0.131. The molecule has 2 N–H and O–H groups in total. The average Bonchev–Trinajstić information content (AvgIpc) is 2.70. The first kappa shape index (κ1) is 18.8. The molecule has 1 amide bonds. The topological polar surface area (TPSA) is 87.3 Å². The van der Waals surface area contributed by atoms with E-state index >= 15 is 0 Å². The van der Waals surface area contributed by atoms with E-state index in [-0.39, 0.29) is 5.75 Å². The molecule has 1 aromatic heterocycles. The lowest BCUT2D eigenvalue weighted by molar-refractivity contribution is -0.115. The van der Waals surface area contributed by atoms with Gasteiger partial charge in [-0.15, -0.1) is 0 Å². The molecule has 0 spiro atoms. The molecule has 8 heteroatoms. The summed E-state index contributed by atoms with van der Waals surface area (Å²) in [5.41, 5.74) is 7.99. The van der Waals surface area contributed by atoms with Crippen LogP contribution in [-0.4, -0.2) is 28.7 Å². The van der Waals surface area contributed by atoms with Crippen LogP contribution in [0.3, 0.4) is 0 Å². The molecule has 1 aliphatic rings. The molecule has 2 heterocycles. The molecule has 0 radical (unpaired) electrons. The summed E-state index contributed by atoms with van der Waals surface area (Å²) in [6.07, 6.45) is 0.566. The lowest BCUT2D eigenvalue weighted by Gasteiger charge is -2.23. The number of amides is 1. The van der Waals surface area contributed by atoms with Crippen LogP contribution in [-0.2, 0) is 11.2 Å². The number of methoxy groups -OCH3 is 1. The number of aromatic nitrogens is 2. The normalized spacial score (nSPS) is 11.9. The number of nitrogens with two attached hydrogens (primary N) is 1. The van der Waals surface area contributed by atoms with Crippen molar-refractivity contribution in [1.82, 2.24) is 9.97 Å². The predicted molar refractivity (Wildman–Crippen MR) is 111 cm³/mol. The van der Waals surface area contributed by atoms with Gasteiger partial charge in [0.2, 0.25) is 11.8 Å². The van der Waals surface area contributed by atoms with E-state index in [1.54, 1.807) is 7.11 Å². The molecule has 28 heavy (non-hydrogen) atoms. The largest absolute Gasteiger partial charge is 0.493 e. The summed E-state index contributed by atoms with van der Waals surface area (Å²) in [7, 11) is 1.60. The van der Waals surface area contributed by atoms with Crippen molar-refractivity contribution >= 4 is 33.6 Å². The third kappa shape index (κ3) is 3.70. The van der Waals surface area contributed by atoms with Crippen LogP contribution in [0, 0.1) is 0 Å². The molecule has 2 aromatic carbocycles. The Balaban J connectivity index is 1.83. The number of rotatable bonds is 5. The van der Waals surface area contributed by atoms with Crippen LogP contribution in [0.25, 0.3) is 11.4 Å². The van der Waals surface area contributed by atoms with Gasteiger partial charge >= 0.3 is 0 Å². The smallest absolute Gasteiger partial charge is 0.227 e. The molecular weight excluding hydrogens is 442 g/mol. The van der Waals surface area contributed by atoms with Gasteiger partial charge in [-0.3, -0.25) is 4.79 Å². The van der Waals surface area contributed by atoms with Crippen LogP contribution in [0.2, 0.25) is 0 Å². The number of halogens is 1. The summed E-state index contributed by atoms with van der Waals surface area (Å²) in [5, 5.41) is 0.687. The first-order valence-electron chi connectivity index (χ1n) is 8.47. The highest BCUT2D eigenvalue weighted by Crippen LogP contribution is 2.45. The molecule has 0 bridgehead atoms. The lowest BCUT2D eigenvalue weighted by atomic mass is 10.0. The minimum atomic E-state index is -0.403. The minimum Gasteiger partial charge on any atom is -0.493 e. The Bertz CT molecular complexity index is 1060. The van der Waals surface area contributed by atoms with E-state index in [1.807, 2.05) is 42.5 Å². The second-order valence-electron chi connectivity index (χ2n) is 6.13. The van der Waals surface area contributed by atoms with E-state index < -0.39 is 5.91 Å². The molecular formula is C20H16BrN3O3S. The van der Waals surface area contributed by atoms with Crippen molar-refractivity contribution in [3.05, 3.63) is 58.1 Å². The van der Waals surface area contributed by atoms with Gasteiger partial charge in [-0.2, -0.15) is 4.98 Å². The number of hydrogen-bond donors (Lipinski definition) is 1. The van der Waals surface area contributed by atoms with Crippen LogP contribution in [0.4, 0.5) is 0 Å². The van der Waals surface area contributed by atoms with Gasteiger partial charge in [0.15, 0.2) is 17.3 Å². The summed E-state index contributed by atoms with van der Waals surface area (Å²) in [4.78, 5) is 20.7. The van der Waals surface area contributed by atoms with Crippen molar-refractivity contribution < 1.29 is 14.3 Å². The van der Waals surface area contributed by atoms with Gasteiger partial charge in [0.05, 0.1) is 18.4 Å². The second-order valence-corrected chi connectivity index (χ2v) is 8.01. The van der Waals surface area contributed by atoms with E-state index in [2.05, 4.69) is 25.9 Å². The molecule has 0 unspecified atom stereocenters. The van der Waals surface area contributed by atoms with Crippen molar-refractivity contribution in [2.75, 3.05) is 12.9 Å². The Morgan fingerprint density at radius 3 is 2.79 bits per heavy atom. The van der Waals surface area contributed by atoms with Crippen LogP contribution >= 0.6 is 27.7 Å². The molecule has 0 aliphatic carbocycles. The maximum absolute atomic E-state index is 11.3. The number of ether oxygens (including phenoxy) is 2. The Kier molecular flexibility index (Phi) is 5.23. The van der Waals surface area contributed by atoms with Crippen molar-refractivity contribution in [3.8, 4) is 28.8 Å².